The molecule has 3 nitrogen and oxygen atoms in total. The minimum atomic E-state index is -4.64. The van der Waals surface area contributed by atoms with Gasteiger partial charge in [0.2, 0.25) is 0 Å². The Morgan fingerprint density at radius 2 is 2.05 bits per heavy atom. The number of alkyl halides is 3. The highest BCUT2D eigenvalue weighted by Crippen LogP contribution is 2.26. The van der Waals surface area contributed by atoms with Crippen molar-refractivity contribution in [3.8, 4) is 0 Å². The molecule has 2 heterocycles. The normalized spacial score (nSPS) is 11.6. The number of hydrogen-bond donors (Lipinski definition) is 0. The van der Waals surface area contributed by atoms with E-state index in [0.717, 1.165) is 16.2 Å². The molecular weight excluding hydrogens is 257 g/mol. The number of pyridine rings is 2. The van der Waals surface area contributed by atoms with E-state index in [0.29, 0.717) is 5.69 Å². The smallest absolute Gasteiger partial charge is 0.309 e. The summed E-state index contributed by atoms with van der Waals surface area (Å²) in [6.07, 6.45) is -1.76. The van der Waals surface area contributed by atoms with E-state index in [9.17, 15) is 18.0 Å². The van der Waals surface area contributed by atoms with E-state index in [4.69, 9.17) is 0 Å². The quantitative estimate of drug-likeness (QED) is 0.839. The fourth-order valence-corrected chi connectivity index (χ4v) is 1.74. The second-order valence-corrected chi connectivity index (χ2v) is 4.18. The van der Waals surface area contributed by atoms with Crippen molar-refractivity contribution in [1.82, 2.24) is 9.55 Å². The van der Waals surface area contributed by atoms with Gasteiger partial charge in [0.1, 0.15) is 5.56 Å². The van der Waals surface area contributed by atoms with Crippen LogP contribution in [0, 0.1) is 6.92 Å². The van der Waals surface area contributed by atoms with Crippen molar-refractivity contribution in [3.63, 3.8) is 0 Å². The molecule has 6 heteroatoms. The molecule has 0 aliphatic carbocycles. The Morgan fingerprint density at radius 3 is 2.68 bits per heavy atom. The zero-order valence-electron chi connectivity index (χ0n) is 10.1. The summed E-state index contributed by atoms with van der Waals surface area (Å²) in [5.41, 5.74) is -0.743. The summed E-state index contributed by atoms with van der Waals surface area (Å²) < 4.78 is 38.8. The fourth-order valence-electron chi connectivity index (χ4n) is 1.74. The molecule has 100 valence electrons. The average Bonchev–Trinajstić information content (AvgIpc) is 2.30. The third-order valence-electron chi connectivity index (χ3n) is 2.63. The summed E-state index contributed by atoms with van der Waals surface area (Å²) in [7, 11) is 0. The SMILES string of the molecule is Cc1ccnc(Cn2cccc(C(F)(F)F)c2=O)c1. The molecule has 0 bridgehead atoms. The lowest BCUT2D eigenvalue weighted by atomic mass is 10.2. The molecule has 0 unspecified atom stereocenters. The zero-order valence-corrected chi connectivity index (χ0v) is 10.1. The predicted octanol–water partition coefficient (Wildman–Crippen LogP) is 2.62. The fraction of sp³-hybridized carbons (Fsp3) is 0.231. The first-order chi connectivity index (χ1) is 8.88. The molecule has 0 N–H and O–H groups in total. The maximum atomic E-state index is 12.6. The lowest BCUT2D eigenvalue weighted by Crippen LogP contribution is -2.28. The maximum absolute atomic E-state index is 12.6. The molecule has 2 aromatic heterocycles. The van der Waals surface area contributed by atoms with Crippen molar-refractivity contribution in [1.29, 1.82) is 0 Å². The van der Waals surface area contributed by atoms with Gasteiger partial charge in [-0.25, -0.2) is 0 Å². The van der Waals surface area contributed by atoms with Gasteiger partial charge in [0.15, 0.2) is 0 Å². The van der Waals surface area contributed by atoms with Gasteiger partial charge >= 0.3 is 6.18 Å². The third kappa shape index (κ3) is 3.01. The largest absolute Gasteiger partial charge is 0.421 e. The first-order valence-corrected chi connectivity index (χ1v) is 5.56. The highest BCUT2D eigenvalue weighted by Gasteiger charge is 2.34. The molecular formula is C13H11F3N2O. The lowest BCUT2D eigenvalue weighted by Gasteiger charge is -2.10. The van der Waals surface area contributed by atoms with E-state index in [1.165, 1.54) is 12.3 Å². The Balaban J connectivity index is 2.40. The monoisotopic (exact) mass is 268 g/mol. The first kappa shape index (κ1) is 13.3. The molecule has 0 radical (unpaired) electrons. The van der Waals surface area contributed by atoms with Gasteiger partial charge in [-0.15, -0.1) is 0 Å². The van der Waals surface area contributed by atoms with Gasteiger partial charge in [0.05, 0.1) is 12.2 Å². The minimum Gasteiger partial charge on any atom is -0.309 e. The number of aromatic nitrogens is 2. The van der Waals surface area contributed by atoms with Crippen LogP contribution in [0.15, 0.2) is 41.5 Å². The van der Waals surface area contributed by atoms with Gasteiger partial charge in [-0.3, -0.25) is 9.78 Å². The van der Waals surface area contributed by atoms with Crippen LogP contribution >= 0.6 is 0 Å². The van der Waals surface area contributed by atoms with Crippen LogP contribution in [0.2, 0.25) is 0 Å². The van der Waals surface area contributed by atoms with E-state index in [1.54, 1.807) is 18.3 Å². The summed E-state index contributed by atoms with van der Waals surface area (Å²) in [5, 5.41) is 0. The Labute approximate surface area is 107 Å². The molecule has 0 saturated heterocycles. The van der Waals surface area contributed by atoms with Gasteiger partial charge in [0.25, 0.3) is 5.56 Å². The van der Waals surface area contributed by atoms with Crippen LogP contribution in [0.4, 0.5) is 13.2 Å². The van der Waals surface area contributed by atoms with Gasteiger partial charge in [-0.2, -0.15) is 13.2 Å². The van der Waals surface area contributed by atoms with Crippen molar-refractivity contribution in [2.75, 3.05) is 0 Å². The van der Waals surface area contributed by atoms with E-state index in [2.05, 4.69) is 4.98 Å². The van der Waals surface area contributed by atoms with E-state index < -0.39 is 17.3 Å². The van der Waals surface area contributed by atoms with Crippen LogP contribution in [-0.2, 0) is 12.7 Å². The van der Waals surface area contributed by atoms with Crippen molar-refractivity contribution in [2.24, 2.45) is 0 Å². The number of rotatable bonds is 2. The van der Waals surface area contributed by atoms with E-state index >= 15 is 0 Å². The molecule has 0 atom stereocenters. The third-order valence-corrected chi connectivity index (χ3v) is 2.63. The molecule has 0 spiro atoms. The Hall–Kier alpha value is -2.11. The molecule has 2 aromatic rings. The van der Waals surface area contributed by atoms with Crippen LogP contribution in [0.5, 0.6) is 0 Å². The Kier molecular flexibility index (Phi) is 3.42. The van der Waals surface area contributed by atoms with Crippen molar-refractivity contribution >= 4 is 0 Å². The van der Waals surface area contributed by atoms with Crippen LogP contribution in [0.1, 0.15) is 16.8 Å². The second-order valence-electron chi connectivity index (χ2n) is 4.18. The number of halogens is 3. The molecule has 0 saturated carbocycles. The second kappa shape index (κ2) is 4.87. The summed E-state index contributed by atoms with van der Waals surface area (Å²) >= 11 is 0. The number of hydrogen-bond acceptors (Lipinski definition) is 2. The van der Waals surface area contributed by atoms with Gasteiger partial charge < -0.3 is 4.57 Å². The van der Waals surface area contributed by atoms with Gasteiger partial charge in [-0.05, 0) is 36.8 Å². The van der Waals surface area contributed by atoms with Crippen LogP contribution in [0.25, 0.3) is 0 Å². The van der Waals surface area contributed by atoms with Crippen LogP contribution in [0.3, 0.4) is 0 Å². The summed E-state index contributed by atoms with van der Waals surface area (Å²) in [4.78, 5) is 15.7. The standard InChI is InChI=1S/C13H11F3N2O/c1-9-4-5-17-10(7-9)8-18-6-2-3-11(12(18)19)13(14,15)16/h2-7H,8H2,1H3. The van der Waals surface area contributed by atoms with Crippen molar-refractivity contribution < 1.29 is 13.2 Å². The van der Waals surface area contributed by atoms with Crippen LogP contribution < -0.4 is 5.56 Å². The van der Waals surface area contributed by atoms with Gasteiger partial charge in [0, 0.05) is 12.4 Å². The molecule has 0 aliphatic rings. The van der Waals surface area contributed by atoms with Gasteiger partial charge in [-0.1, -0.05) is 0 Å². The Bertz CT molecular complexity index is 647. The number of nitrogens with zero attached hydrogens (tertiary/aromatic N) is 2. The molecule has 0 amide bonds. The summed E-state index contributed by atoms with van der Waals surface area (Å²) in [6, 6.07) is 5.49. The highest BCUT2D eigenvalue weighted by atomic mass is 19.4. The summed E-state index contributed by atoms with van der Waals surface area (Å²) in [5.74, 6) is 0. The summed E-state index contributed by atoms with van der Waals surface area (Å²) in [6.45, 7) is 1.87. The molecule has 2 rings (SSSR count). The van der Waals surface area contributed by atoms with Crippen molar-refractivity contribution in [3.05, 3.63) is 63.8 Å². The topological polar surface area (TPSA) is 34.9 Å². The average molecular weight is 268 g/mol. The maximum Gasteiger partial charge on any atom is 0.421 e. The Morgan fingerprint density at radius 1 is 1.32 bits per heavy atom. The highest BCUT2D eigenvalue weighted by molar-refractivity contribution is 5.17. The van der Waals surface area contributed by atoms with Crippen LogP contribution in [-0.4, -0.2) is 9.55 Å². The molecule has 0 aliphatic heterocycles. The van der Waals surface area contributed by atoms with E-state index in [1.807, 2.05) is 6.92 Å². The van der Waals surface area contributed by atoms with E-state index in [-0.39, 0.29) is 6.54 Å². The molecule has 19 heavy (non-hydrogen) atoms. The molecule has 0 fully saturated rings. The molecule has 0 aromatic carbocycles. The lowest BCUT2D eigenvalue weighted by molar-refractivity contribution is -0.138. The first-order valence-electron chi connectivity index (χ1n) is 5.56. The number of aryl methyl sites for hydroxylation is 1. The predicted molar refractivity (Wildman–Crippen MR) is 63.8 cm³/mol. The minimum absolute atomic E-state index is 0.0183. The van der Waals surface area contributed by atoms with Crippen molar-refractivity contribution in [2.45, 2.75) is 19.6 Å². The zero-order chi connectivity index (χ0) is 14.0.